The smallest absolute Gasteiger partial charge is 0.410 e. The molecule has 0 radical (unpaired) electrons. The van der Waals surface area contributed by atoms with Crippen molar-refractivity contribution in [3.05, 3.63) is 40.7 Å². The number of nitrogens with zero attached hydrogens (tertiary/aromatic N) is 5. The van der Waals surface area contributed by atoms with Crippen molar-refractivity contribution in [2.24, 2.45) is 7.05 Å². The van der Waals surface area contributed by atoms with Crippen LogP contribution in [0.15, 0.2) is 29.5 Å². The lowest BCUT2D eigenvalue weighted by molar-refractivity contribution is 0.0256. The van der Waals surface area contributed by atoms with Gasteiger partial charge in [-0.2, -0.15) is 10.2 Å². The summed E-state index contributed by atoms with van der Waals surface area (Å²) in [5.74, 6) is -1.17. The Kier molecular flexibility index (Phi) is 10.9. The number of carbonyl (C=O) groups is 2. The molecule has 204 valence electrons. The summed E-state index contributed by atoms with van der Waals surface area (Å²) in [6, 6.07) is 1.23. The number of aryl methyl sites for hydroxylation is 1. The van der Waals surface area contributed by atoms with Crippen molar-refractivity contribution in [2.45, 2.75) is 78.7 Å². The van der Waals surface area contributed by atoms with Crippen molar-refractivity contribution in [3.8, 4) is 11.3 Å². The number of H-pyrrole nitrogens is 1. The summed E-state index contributed by atoms with van der Waals surface area (Å²) in [4.78, 5) is 38.9. The number of hydrogen-bond donors (Lipinski definition) is 2. The molecule has 0 aliphatic carbocycles. The second-order valence-corrected chi connectivity index (χ2v) is 9.95. The average Bonchev–Trinajstić information content (AvgIpc) is 3.36. The lowest BCUT2D eigenvalue weighted by Crippen LogP contribution is -2.37. The van der Waals surface area contributed by atoms with Gasteiger partial charge in [0, 0.05) is 38.0 Å². The third kappa shape index (κ3) is 9.40. The van der Waals surface area contributed by atoms with Gasteiger partial charge in [-0.3, -0.25) is 9.48 Å². The largest absolute Gasteiger partial charge is 0.476 e. The molecule has 4 heterocycles. The Labute approximate surface area is 217 Å². The van der Waals surface area contributed by atoms with E-state index in [0.29, 0.717) is 11.3 Å². The zero-order valence-corrected chi connectivity index (χ0v) is 22.8. The maximum absolute atomic E-state index is 11.9. The zero-order valence-electron chi connectivity index (χ0n) is 22.8. The van der Waals surface area contributed by atoms with Crippen LogP contribution in [0.2, 0.25) is 0 Å². The number of carbonyl (C=O) groups excluding carboxylic acids is 1. The highest BCUT2D eigenvalue weighted by Crippen LogP contribution is 2.15. The van der Waals surface area contributed by atoms with Crippen LogP contribution >= 0.6 is 0 Å². The molecule has 0 bridgehead atoms. The van der Waals surface area contributed by atoms with E-state index in [9.17, 15) is 14.4 Å². The molecular formula is C26H40N6O5. The summed E-state index contributed by atoms with van der Waals surface area (Å²) in [6.45, 7) is 11.8. The van der Waals surface area contributed by atoms with Crippen LogP contribution in [0.3, 0.4) is 0 Å². The highest BCUT2D eigenvalue weighted by molar-refractivity contribution is 5.87. The molecular weight excluding hydrogens is 476 g/mol. The van der Waals surface area contributed by atoms with E-state index in [1.165, 1.54) is 36.3 Å². The minimum atomic E-state index is -1.17. The number of hydrogen-bond acceptors (Lipinski definition) is 6. The summed E-state index contributed by atoms with van der Waals surface area (Å²) in [5.41, 5.74) is 0.475. The summed E-state index contributed by atoms with van der Waals surface area (Å²) in [7, 11) is 1.76. The van der Waals surface area contributed by atoms with E-state index in [1.807, 2.05) is 25.7 Å². The van der Waals surface area contributed by atoms with Gasteiger partial charge in [0.25, 0.3) is 5.56 Å². The average molecular weight is 517 g/mol. The number of rotatable bonds is 3. The topological polar surface area (TPSA) is 135 Å². The van der Waals surface area contributed by atoms with E-state index in [-0.39, 0.29) is 22.9 Å². The van der Waals surface area contributed by atoms with Crippen LogP contribution in [0, 0.1) is 0 Å². The molecule has 11 nitrogen and oxygen atoms in total. The molecule has 0 aromatic carbocycles. The van der Waals surface area contributed by atoms with Gasteiger partial charge in [-0.25, -0.2) is 14.1 Å². The van der Waals surface area contributed by atoms with Crippen LogP contribution in [0.4, 0.5) is 4.79 Å². The molecule has 2 N–H and O–H groups in total. The van der Waals surface area contributed by atoms with Crippen molar-refractivity contribution >= 4 is 17.6 Å². The SMILES string of the molecule is CC(C)(C)OC(=O)N1CCCCCC1.CCCC.Cn1cc(-c2cn3nc(C(=O)O)cc3c(=O)[nH]2)cn1. The molecule has 1 aliphatic heterocycles. The minimum Gasteiger partial charge on any atom is -0.476 e. The fraction of sp³-hybridized carbons (Fsp3) is 0.577. The Bertz CT molecular complexity index is 1210. The summed E-state index contributed by atoms with van der Waals surface area (Å²) in [5, 5.41) is 16.7. The monoisotopic (exact) mass is 516 g/mol. The van der Waals surface area contributed by atoms with Gasteiger partial charge in [-0.15, -0.1) is 0 Å². The second-order valence-electron chi connectivity index (χ2n) is 9.95. The lowest BCUT2D eigenvalue weighted by Gasteiger charge is -2.26. The fourth-order valence-electron chi connectivity index (χ4n) is 3.39. The number of unbranched alkanes of at least 4 members (excludes halogenated alkanes) is 1. The first-order valence-electron chi connectivity index (χ1n) is 12.8. The highest BCUT2D eigenvalue weighted by Gasteiger charge is 2.22. The predicted octanol–water partition coefficient (Wildman–Crippen LogP) is 4.73. The van der Waals surface area contributed by atoms with Crippen molar-refractivity contribution in [2.75, 3.05) is 13.1 Å². The number of carboxylic acid groups (broad SMARTS) is 1. The first-order chi connectivity index (χ1) is 17.4. The van der Waals surface area contributed by atoms with Gasteiger partial charge in [0.1, 0.15) is 11.1 Å². The predicted molar refractivity (Wildman–Crippen MR) is 142 cm³/mol. The standard InChI is InChI=1S/C11H9N5O3.C11H21NO2.C4H10/c1-15-4-6(3-12-15)8-5-16-9(10(17)13-8)2-7(14-16)11(18)19;1-11(2,3)14-10(13)12-8-6-4-5-7-9-12;1-3-4-2/h2-5H,1H3,(H,13,17)(H,18,19);4-9H2,1-3H3;3-4H2,1-2H3. The first-order valence-corrected chi connectivity index (χ1v) is 12.8. The third-order valence-electron chi connectivity index (χ3n) is 5.46. The summed E-state index contributed by atoms with van der Waals surface area (Å²) in [6.07, 6.45) is 12.1. The molecule has 3 aromatic heterocycles. The highest BCUT2D eigenvalue weighted by atomic mass is 16.6. The van der Waals surface area contributed by atoms with Gasteiger partial charge in [-0.1, -0.05) is 39.5 Å². The van der Waals surface area contributed by atoms with Crippen LogP contribution in [0.5, 0.6) is 0 Å². The zero-order chi connectivity index (χ0) is 27.6. The molecule has 0 unspecified atom stereocenters. The molecule has 0 atom stereocenters. The van der Waals surface area contributed by atoms with E-state index in [1.54, 1.807) is 30.3 Å². The van der Waals surface area contributed by atoms with Gasteiger partial charge in [0.15, 0.2) is 5.69 Å². The Morgan fingerprint density at radius 1 is 1.08 bits per heavy atom. The van der Waals surface area contributed by atoms with Crippen molar-refractivity contribution in [1.82, 2.24) is 29.3 Å². The lowest BCUT2D eigenvalue weighted by atomic mass is 10.2. The van der Waals surface area contributed by atoms with Gasteiger partial charge < -0.3 is 19.7 Å². The van der Waals surface area contributed by atoms with Crippen LogP contribution in [0.25, 0.3) is 16.8 Å². The van der Waals surface area contributed by atoms with Gasteiger partial charge in [-0.05, 0) is 33.6 Å². The maximum Gasteiger partial charge on any atom is 0.410 e. The number of aromatic amines is 1. The number of carboxylic acids is 1. The Morgan fingerprint density at radius 3 is 2.19 bits per heavy atom. The number of aromatic nitrogens is 5. The molecule has 37 heavy (non-hydrogen) atoms. The van der Waals surface area contributed by atoms with Crippen molar-refractivity contribution in [1.29, 1.82) is 0 Å². The van der Waals surface area contributed by atoms with E-state index in [2.05, 4.69) is 29.0 Å². The minimum absolute atomic E-state index is 0.153. The second kappa shape index (κ2) is 13.6. The Hall–Kier alpha value is -3.63. The number of likely N-dealkylation sites (tertiary alicyclic amines) is 1. The molecule has 3 aromatic rings. The first kappa shape index (κ1) is 29.6. The molecule has 0 saturated carbocycles. The maximum atomic E-state index is 11.9. The van der Waals surface area contributed by atoms with Crippen molar-refractivity contribution in [3.63, 3.8) is 0 Å². The fourth-order valence-corrected chi connectivity index (χ4v) is 3.39. The number of fused-ring (bicyclic) bond motifs is 1. The van der Waals surface area contributed by atoms with Gasteiger partial charge >= 0.3 is 12.1 Å². The van der Waals surface area contributed by atoms with Crippen LogP contribution < -0.4 is 5.56 Å². The molecule has 1 fully saturated rings. The number of amides is 1. The van der Waals surface area contributed by atoms with E-state index in [4.69, 9.17) is 9.84 Å². The molecule has 1 aliphatic rings. The van der Waals surface area contributed by atoms with E-state index in [0.717, 1.165) is 25.9 Å². The third-order valence-corrected chi connectivity index (χ3v) is 5.46. The van der Waals surface area contributed by atoms with Crippen LogP contribution in [-0.2, 0) is 11.8 Å². The van der Waals surface area contributed by atoms with Crippen LogP contribution in [0.1, 0.15) is 83.6 Å². The quantitative estimate of drug-likeness (QED) is 0.514. The molecule has 0 spiro atoms. The summed E-state index contributed by atoms with van der Waals surface area (Å²) < 4.78 is 8.18. The summed E-state index contributed by atoms with van der Waals surface area (Å²) >= 11 is 0. The normalized spacial score (nSPS) is 13.6. The number of aromatic carboxylic acids is 1. The van der Waals surface area contributed by atoms with E-state index >= 15 is 0 Å². The van der Waals surface area contributed by atoms with Gasteiger partial charge in [0.2, 0.25) is 0 Å². The molecule has 1 saturated heterocycles. The Morgan fingerprint density at radius 2 is 1.70 bits per heavy atom. The van der Waals surface area contributed by atoms with E-state index < -0.39 is 11.5 Å². The van der Waals surface area contributed by atoms with Crippen LogP contribution in [-0.4, -0.2) is 65.1 Å². The number of ether oxygens (including phenoxy) is 1. The molecule has 1 amide bonds. The number of nitrogens with one attached hydrogen (secondary N) is 1. The molecule has 11 heteroatoms. The Balaban J connectivity index is 0.000000236. The van der Waals surface area contributed by atoms with Crippen molar-refractivity contribution < 1.29 is 19.4 Å². The van der Waals surface area contributed by atoms with Gasteiger partial charge in [0.05, 0.1) is 18.1 Å². The molecule has 4 rings (SSSR count).